The zero-order chi connectivity index (χ0) is 11.4. The maximum Gasteiger partial charge on any atom is 0.140 e. The van der Waals surface area contributed by atoms with E-state index in [1.165, 1.54) is 0 Å². The third-order valence-corrected chi connectivity index (χ3v) is 2.43. The fourth-order valence-corrected chi connectivity index (χ4v) is 1.47. The van der Waals surface area contributed by atoms with Gasteiger partial charge in [-0.1, -0.05) is 18.2 Å². The van der Waals surface area contributed by atoms with Gasteiger partial charge >= 0.3 is 0 Å². The number of hydrogen-bond acceptors (Lipinski definition) is 4. The fourth-order valence-electron chi connectivity index (χ4n) is 1.47. The van der Waals surface area contributed by atoms with Crippen molar-refractivity contribution in [3.63, 3.8) is 0 Å². The Morgan fingerprint density at radius 1 is 1.06 bits per heavy atom. The molecule has 0 atom stereocenters. The van der Waals surface area contributed by atoms with Crippen LogP contribution in [-0.4, -0.2) is 12.0 Å². The molecule has 2 rings (SSSR count). The van der Waals surface area contributed by atoms with E-state index in [1.54, 1.807) is 6.20 Å². The Morgan fingerprint density at radius 2 is 1.81 bits per heavy atom. The number of nitrogens with two attached hydrogens (primary N) is 1. The van der Waals surface area contributed by atoms with Gasteiger partial charge < -0.3 is 10.3 Å². The van der Waals surface area contributed by atoms with Crippen molar-refractivity contribution in [2.24, 2.45) is 5.84 Å². The van der Waals surface area contributed by atoms with Crippen LogP contribution in [-0.2, 0) is 0 Å². The molecule has 16 heavy (non-hydrogen) atoms. The van der Waals surface area contributed by atoms with Crippen molar-refractivity contribution in [1.29, 1.82) is 0 Å². The number of benzene rings is 1. The first-order valence-corrected chi connectivity index (χ1v) is 5.02. The van der Waals surface area contributed by atoms with E-state index in [2.05, 4.69) is 27.4 Å². The first-order valence-electron chi connectivity index (χ1n) is 5.02. The third kappa shape index (κ3) is 2.12. The molecule has 82 valence electrons. The molecule has 0 aliphatic rings. The number of rotatable bonds is 3. The maximum atomic E-state index is 5.26. The van der Waals surface area contributed by atoms with Crippen molar-refractivity contribution in [1.82, 2.24) is 4.98 Å². The number of aromatic nitrogens is 1. The topological polar surface area (TPSA) is 54.2 Å². The van der Waals surface area contributed by atoms with E-state index < -0.39 is 0 Å². The van der Waals surface area contributed by atoms with Crippen LogP contribution < -0.4 is 16.2 Å². The van der Waals surface area contributed by atoms with Crippen LogP contribution in [0.3, 0.4) is 0 Å². The summed E-state index contributed by atoms with van der Waals surface area (Å²) in [5, 5.41) is 0. The average molecular weight is 214 g/mol. The third-order valence-electron chi connectivity index (χ3n) is 2.43. The lowest BCUT2D eigenvalue weighted by Gasteiger charge is -2.19. The van der Waals surface area contributed by atoms with Crippen LogP contribution in [0.15, 0.2) is 48.7 Å². The molecule has 0 unspecified atom stereocenters. The molecule has 0 radical (unpaired) electrons. The molecule has 1 aromatic heterocycles. The van der Waals surface area contributed by atoms with Crippen molar-refractivity contribution in [2.75, 3.05) is 17.4 Å². The van der Waals surface area contributed by atoms with E-state index in [-0.39, 0.29) is 0 Å². The summed E-state index contributed by atoms with van der Waals surface area (Å²) in [6, 6.07) is 13.9. The van der Waals surface area contributed by atoms with Crippen molar-refractivity contribution in [3.8, 4) is 0 Å². The highest BCUT2D eigenvalue weighted by atomic mass is 15.2. The molecule has 0 spiro atoms. The Bertz CT molecular complexity index is 438. The molecule has 4 nitrogen and oxygen atoms in total. The number of hydrazine groups is 1. The van der Waals surface area contributed by atoms with E-state index >= 15 is 0 Å². The predicted octanol–water partition coefficient (Wildman–Crippen LogP) is 2.14. The second-order valence-corrected chi connectivity index (χ2v) is 3.44. The Labute approximate surface area is 94.7 Å². The van der Waals surface area contributed by atoms with E-state index in [1.807, 2.05) is 37.4 Å². The highest BCUT2D eigenvalue weighted by Gasteiger charge is 2.03. The average Bonchev–Trinajstić information content (AvgIpc) is 2.39. The highest BCUT2D eigenvalue weighted by Crippen LogP contribution is 2.22. The SMILES string of the molecule is CN(c1ccccc1)c1ccc(NN)nc1. The Balaban J connectivity index is 2.24. The van der Waals surface area contributed by atoms with Gasteiger partial charge in [-0.3, -0.25) is 0 Å². The lowest BCUT2D eigenvalue weighted by molar-refractivity contribution is 1.16. The van der Waals surface area contributed by atoms with Gasteiger partial charge in [-0.2, -0.15) is 0 Å². The monoisotopic (exact) mass is 214 g/mol. The normalized spacial score (nSPS) is 9.88. The minimum Gasteiger partial charge on any atom is -0.343 e. The summed E-state index contributed by atoms with van der Waals surface area (Å²) in [6.07, 6.45) is 1.78. The maximum absolute atomic E-state index is 5.26. The van der Waals surface area contributed by atoms with Crippen molar-refractivity contribution in [2.45, 2.75) is 0 Å². The molecule has 1 heterocycles. The van der Waals surface area contributed by atoms with Gasteiger partial charge in [0.05, 0.1) is 11.9 Å². The van der Waals surface area contributed by atoms with E-state index in [4.69, 9.17) is 5.84 Å². The van der Waals surface area contributed by atoms with Gasteiger partial charge in [0, 0.05) is 12.7 Å². The molecule has 3 N–H and O–H groups in total. The van der Waals surface area contributed by atoms with Crippen molar-refractivity contribution in [3.05, 3.63) is 48.7 Å². The molecule has 4 heteroatoms. The molecule has 0 amide bonds. The predicted molar refractivity (Wildman–Crippen MR) is 66.6 cm³/mol. The zero-order valence-electron chi connectivity index (χ0n) is 9.09. The molecule has 0 aliphatic heterocycles. The van der Waals surface area contributed by atoms with Crippen LogP contribution >= 0.6 is 0 Å². The second kappa shape index (κ2) is 4.63. The van der Waals surface area contributed by atoms with Crippen LogP contribution in [0.25, 0.3) is 0 Å². The van der Waals surface area contributed by atoms with Crippen LogP contribution in [0.5, 0.6) is 0 Å². The lowest BCUT2D eigenvalue weighted by atomic mass is 10.3. The number of para-hydroxylation sites is 1. The van der Waals surface area contributed by atoms with E-state index in [0.717, 1.165) is 11.4 Å². The fraction of sp³-hybridized carbons (Fsp3) is 0.0833. The highest BCUT2D eigenvalue weighted by molar-refractivity contribution is 5.62. The largest absolute Gasteiger partial charge is 0.343 e. The van der Waals surface area contributed by atoms with Crippen molar-refractivity contribution >= 4 is 17.2 Å². The molecular formula is C12H14N4. The number of nitrogens with zero attached hydrogens (tertiary/aromatic N) is 2. The molecule has 0 aliphatic carbocycles. The molecule has 2 aromatic rings. The Morgan fingerprint density at radius 3 is 2.38 bits per heavy atom. The van der Waals surface area contributed by atoms with E-state index in [9.17, 15) is 0 Å². The summed E-state index contributed by atoms with van der Waals surface area (Å²) in [5.41, 5.74) is 4.64. The minimum atomic E-state index is 0.658. The molecule has 0 saturated carbocycles. The number of nitrogens with one attached hydrogen (secondary N) is 1. The Hall–Kier alpha value is -2.07. The van der Waals surface area contributed by atoms with Gasteiger partial charge in [0.25, 0.3) is 0 Å². The van der Waals surface area contributed by atoms with Crippen LogP contribution in [0.1, 0.15) is 0 Å². The van der Waals surface area contributed by atoms with Crippen LogP contribution in [0.4, 0.5) is 17.2 Å². The number of nitrogen functional groups attached to an aromatic ring is 1. The first kappa shape index (κ1) is 10.4. The summed E-state index contributed by atoms with van der Waals surface area (Å²) < 4.78 is 0. The molecule has 0 bridgehead atoms. The Kier molecular flexibility index (Phi) is 3.03. The summed E-state index contributed by atoms with van der Waals surface area (Å²) in [4.78, 5) is 6.23. The minimum absolute atomic E-state index is 0.658. The van der Waals surface area contributed by atoms with Crippen LogP contribution in [0.2, 0.25) is 0 Å². The van der Waals surface area contributed by atoms with Crippen LogP contribution in [0, 0.1) is 0 Å². The smallest absolute Gasteiger partial charge is 0.140 e. The molecular weight excluding hydrogens is 200 g/mol. The number of pyridine rings is 1. The number of hydrogen-bond donors (Lipinski definition) is 2. The molecule has 0 fully saturated rings. The molecule has 0 saturated heterocycles. The first-order chi connectivity index (χ1) is 7.81. The van der Waals surface area contributed by atoms with Gasteiger partial charge in [-0.15, -0.1) is 0 Å². The van der Waals surface area contributed by atoms with Gasteiger partial charge in [0.2, 0.25) is 0 Å². The quantitative estimate of drug-likeness (QED) is 0.607. The lowest BCUT2D eigenvalue weighted by Crippen LogP contribution is -2.11. The summed E-state index contributed by atoms with van der Waals surface area (Å²) >= 11 is 0. The van der Waals surface area contributed by atoms with Crippen molar-refractivity contribution < 1.29 is 0 Å². The second-order valence-electron chi connectivity index (χ2n) is 3.44. The zero-order valence-corrected chi connectivity index (χ0v) is 9.09. The van der Waals surface area contributed by atoms with Gasteiger partial charge in [0.15, 0.2) is 0 Å². The summed E-state index contributed by atoms with van der Waals surface area (Å²) in [5.74, 6) is 5.92. The van der Waals surface area contributed by atoms with E-state index in [0.29, 0.717) is 5.82 Å². The standard InChI is InChI=1S/C12H14N4/c1-16(10-5-3-2-4-6-10)11-7-8-12(15-13)14-9-11/h2-9H,13H2,1H3,(H,14,15). The summed E-state index contributed by atoms with van der Waals surface area (Å²) in [6.45, 7) is 0. The van der Waals surface area contributed by atoms with Gasteiger partial charge in [-0.05, 0) is 24.3 Å². The van der Waals surface area contributed by atoms with Gasteiger partial charge in [0.1, 0.15) is 5.82 Å². The molecule has 1 aromatic carbocycles. The van der Waals surface area contributed by atoms with Gasteiger partial charge in [-0.25, -0.2) is 10.8 Å². The summed E-state index contributed by atoms with van der Waals surface area (Å²) in [7, 11) is 2.00. The number of anilines is 3.